The molecule has 0 amide bonds. The van der Waals surface area contributed by atoms with E-state index in [-0.39, 0.29) is 37.5 Å². The van der Waals surface area contributed by atoms with Gasteiger partial charge in [0.05, 0.1) is 0 Å². The van der Waals surface area contributed by atoms with Gasteiger partial charge in [-0.25, -0.2) is 0 Å². The van der Waals surface area contributed by atoms with E-state index in [1.165, 1.54) is 161 Å². The molecule has 0 aliphatic carbocycles. The lowest BCUT2D eigenvalue weighted by Crippen LogP contribution is -2.30. The summed E-state index contributed by atoms with van der Waals surface area (Å²) in [5, 5.41) is 0. The smallest absolute Gasteiger partial charge is 0.306 e. The highest BCUT2D eigenvalue weighted by Crippen LogP contribution is 2.16. The fourth-order valence-corrected chi connectivity index (χ4v) is 8.07. The Morgan fingerprint density at radius 3 is 0.924 bits per heavy atom. The third-order valence-electron chi connectivity index (χ3n) is 12.3. The van der Waals surface area contributed by atoms with Crippen LogP contribution in [0.2, 0.25) is 0 Å². The minimum Gasteiger partial charge on any atom is -0.462 e. The molecule has 0 bridgehead atoms. The molecule has 0 aromatic rings. The number of carbonyl (C=O) groups excluding carboxylic acids is 3. The van der Waals surface area contributed by atoms with Gasteiger partial charge in [0.25, 0.3) is 0 Å². The molecule has 0 aliphatic heterocycles. The second-order valence-electron chi connectivity index (χ2n) is 18.8. The number of ether oxygens (including phenoxy) is 3. The van der Waals surface area contributed by atoms with Gasteiger partial charge in [0.15, 0.2) is 6.10 Å². The van der Waals surface area contributed by atoms with Gasteiger partial charge in [-0.1, -0.05) is 268 Å². The zero-order valence-corrected chi connectivity index (χ0v) is 43.7. The highest BCUT2D eigenvalue weighted by Gasteiger charge is 2.19. The van der Waals surface area contributed by atoms with Crippen molar-refractivity contribution in [3.63, 3.8) is 0 Å². The fraction of sp³-hybridized carbons (Fsp3) is 0.783. The number of allylic oxidation sites excluding steroid dienone is 10. The first-order valence-corrected chi connectivity index (χ1v) is 28.3. The molecule has 6 heteroatoms. The van der Waals surface area contributed by atoms with Crippen LogP contribution in [-0.4, -0.2) is 37.2 Å². The molecule has 0 spiro atoms. The molecule has 0 aromatic carbocycles. The minimum absolute atomic E-state index is 0.0877. The predicted molar refractivity (Wildman–Crippen MR) is 284 cm³/mol. The van der Waals surface area contributed by atoms with Crippen LogP contribution in [0.4, 0.5) is 0 Å². The Kier molecular flexibility index (Phi) is 52.3. The van der Waals surface area contributed by atoms with Crippen molar-refractivity contribution >= 4 is 17.9 Å². The van der Waals surface area contributed by atoms with Crippen molar-refractivity contribution in [1.82, 2.24) is 0 Å². The van der Waals surface area contributed by atoms with E-state index in [9.17, 15) is 14.4 Å². The van der Waals surface area contributed by atoms with Crippen LogP contribution >= 0.6 is 0 Å². The van der Waals surface area contributed by atoms with Gasteiger partial charge in [-0.2, -0.15) is 0 Å². The molecule has 6 nitrogen and oxygen atoms in total. The van der Waals surface area contributed by atoms with Crippen molar-refractivity contribution in [2.45, 2.75) is 290 Å². The van der Waals surface area contributed by atoms with Crippen molar-refractivity contribution in [2.75, 3.05) is 13.2 Å². The van der Waals surface area contributed by atoms with Crippen LogP contribution in [0.5, 0.6) is 0 Å². The molecule has 1 atom stereocenters. The molecule has 0 saturated heterocycles. The molecule has 0 N–H and O–H groups in total. The lowest BCUT2D eigenvalue weighted by molar-refractivity contribution is -0.167. The lowest BCUT2D eigenvalue weighted by Gasteiger charge is -2.18. The standard InChI is InChI=1S/C60H106O6/c1-4-7-10-13-16-19-22-25-28-30-33-35-38-41-44-47-50-53-59(62)65-56-57(55-64-58(61)52-49-46-43-40-37-34-31-27-24-21-18-15-12-9-6-3)66-60(63)54-51-48-45-42-39-36-32-29-26-23-20-17-14-11-8-5-2/h7,10,16,19,25,28,33,35,41,44,57H,4-6,8-9,11-15,17-18,20-24,26-27,29-32,34,36-40,42-43,45-56H2,1-3H3/b10-7-,19-16-,28-25-,35-33-,44-41-/t57-/m1/s1. The van der Waals surface area contributed by atoms with Crippen molar-refractivity contribution in [1.29, 1.82) is 0 Å². The average molecular weight is 924 g/mol. The van der Waals surface area contributed by atoms with E-state index >= 15 is 0 Å². The van der Waals surface area contributed by atoms with Gasteiger partial charge in [-0.15, -0.1) is 0 Å². The molecule has 0 saturated carbocycles. The Morgan fingerprint density at radius 2 is 0.591 bits per heavy atom. The van der Waals surface area contributed by atoms with Gasteiger partial charge in [-0.3, -0.25) is 14.4 Å². The topological polar surface area (TPSA) is 78.9 Å². The lowest BCUT2D eigenvalue weighted by atomic mass is 10.0. The molecule has 0 aromatic heterocycles. The van der Waals surface area contributed by atoms with Gasteiger partial charge < -0.3 is 14.2 Å². The number of rotatable bonds is 51. The van der Waals surface area contributed by atoms with E-state index in [1.54, 1.807) is 0 Å². The van der Waals surface area contributed by atoms with E-state index in [1.807, 2.05) is 0 Å². The van der Waals surface area contributed by atoms with Crippen molar-refractivity contribution in [3.8, 4) is 0 Å². The SMILES string of the molecule is CC/C=C\C/C=C\C/C=C\C/C=C\C/C=C\CCCC(=O)OC[C@@H](COC(=O)CCCCCCCCCCCCCCCCC)OC(=O)CCCCCCCCCCCCCCCCCC. The summed E-state index contributed by atoms with van der Waals surface area (Å²) in [4.78, 5) is 38.1. The first-order chi connectivity index (χ1) is 32.5. The third-order valence-corrected chi connectivity index (χ3v) is 12.3. The number of carbonyl (C=O) groups is 3. The molecule has 382 valence electrons. The van der Waals surface area contributed by atoms with Crippen LogP contribution in [0.3, 0.4) is 0 Å². The fourth-order valence-electron chi connectivity index (χ4n) is 8.07. The summed E-state index contributed by atoms with van der Waals surface area (Å²) >= 11 is 0. The highest BCUT2D eigenvalue weighted by atomic mass is 16.6. The normalized spacial score (nSPS) is 12.5. The second-order valence-corrected chi connectivity index (χ2v) is 18.8. The van der Waals surface area contributed by atoms with Gasteiger partial charge in [-0.05, 0) is 57.8 Å². The zero-order chi connectivity index (χ0) is 47.9. The van der Waals surface area contributed by atoms with Crippen LogP contribution in [0.15, 0.2) is 60.8 Å². The molecule has 0 fully saturated rings. The van der Waals surface area contributed by atoms with Crippen molar-refractivity contribution in [3.05, 3.63) is 60.8 Å². The quantitative estimate of drug-likeness (QED) is 0.0262. The summed E-state index contributed by atoms with van der Waals surface area (Å²) in [7, 11) is 0. The van der Waals surface area contributed by atoms with Gasteiger partial charge >= 0.3 is 17.9 Å². The van der Waals surface area contributed by atoms with Crippen LogP contribution in [0.1, 0.15) is 284 Å². The Labute approximate surface area is 409 Å². The van der Waals surface area contributed by atoms with Crippen molar-refractivity contribution in [2.24, 2.45) is 0 Å². The van der Waals surface area contributed by atoms with Gasteiger partial charge in [0.2, 0.25) is 0 Å². The van der Waals surface area contributed by atoms with E-state index in [4.69, 9.17) is 14.2 Å². The zero-order valence-electron chi connectivity index (χ0n) is 43.7. The number of hydrogen-bond donors (Lipinski definition) is 0. The Bertz CT molecular complexity index is 1200. The molecular weight excluding hydrogens is 817 g/mol. The van der Waals surface area contributed by atoms with E-state index in [0.717, 1.165) is 77.0 Å². The second kappa shape index (κ2) is 54.7. The van der Waals surface area contributed by atoms with Crippen LogP contribution in [0, 0.1) is 0 Å². The summed E-state index contributed by atoms with van der Waals surface area (Å²) in [6.07, 6.45) is 67.8. The molecule has 0 aliphatic rings. The maximum atomic E-state index is 12.8. The van der Waals surface area contributed by atoms with Gasteiger partial charge in [0, 0.05) is 19.3 Å². The maximum Gasteiger partial charge on any atom is 0.306 e. The van der Waals surface area contributed by atoms with Crippen LogP contribution < -0.4 is 0 Å². The van der Waals surface area contributed by atoms with E-state index in [0.29, 0.717) is 19.3 Å². The molecular formula is C60H106O6. The van der Waals surface area contributed by atoms with Gasteiger partial charge in [0.1, 0.15) is 13.2 Å². The molecule has 0 radical (unpaired) electrons. The highest BCUT2D eigenvalue weighted by molar-refractivity contribution is 5.71. The summed E-state index contributed by atoms with van der Waals surface area (Å²) in [6.45, 7) is 6.51. The number of esters is 3. The Balaban J connectivity index is 4.43. The predicted octanol–water partition coefficient (Wildman–Crippen LogP) is 18.8. The average Bonchev–Trinajstić information content (AvgIpc) is 3.31. The Hall–Kier alpha value is -2.89. The summed E-state index contributed by atoms with van der Waals surface area (Å²) < 4.78 is 16.8. The summed E-state index contributed by atoms with van der Waals surface area (Å²) in [5.41, 5.74) is 0. The summed E-state index contributed by atoms with van der Waals surface area (Å²) in [6, 6.07) is 0. The molecule has 0 rings (SSSR count). The first kappa shape index (κ1) is 63.1. The molecule has 0 unspecified atom stereocenters. The number of unbranched alkanes of at least 4 members (excludes halogenated alkanes) is 30. The largest absolute Gasteiger partial charge is 0.462 e. The van der Waals surface area contributed by atoms with Crippen LogP contribution in [-0.2, 0) is 28.6 Å². The summed E-state index contributed by atoms with van der Waals surface area (Å²) in [5.74, 6) is -0.935. The number of hydrogen-bond acceptors (Lipinski definition) is 6. The molecule has 0 heterocycles. The maximum absolute atomic E-state index is 12.8. The third kappa shape index (κ3) is 52.1. The molecule has 66 heavy (non-hydrogen) atoms. The monoisotopic (exact) mass is 923 g/mol. The van der Waals surface area contributed by atoms with Crippen LogP contribution in [0.25, 0.3) is 0 Å². The minimum atomic E-state index is -0.793. The first-order valence-electron chi connectivity index (χ1n) is 28.3. The van der Waals surface area contributed by atoms with E-state index < -0.39 is 6.10 Å². The van der Waals surface area contributed by atoms with Crippen molar-refractivity contribution < 1.29 is 28.6 Å². The van der Waals surface area contributed by atoms with E-state index in [2.05, 4.69) is 81.5 Å². The Morgan fingerprint density at radius 1 is 0.318 bits per heavy atom.